The zero-order valence-corrected chi connectivity index (χ0v) is 17.0. The fraction of sp³-hybridized carbons (Fsp3) is 0.500. The normalized spacial score (nSPS) is 23.8. The van der Waals surface area contributed by atoms with E-state index in [-0.39, 0.29) is 24.5 Å². The van der Waals surface area contributed by atoms with Crippen LogP contribution in [0.25, 0.3) is 6.08 Å². The predicted octanol–water partition coefficient (Wildman–Crippen LogP) is 3.10. The van der Waals surface area contributed by atoms with Crippen LogP contribution in [0.1, 0.15) is 37.5 Å². The van der Waals surface area contributed by atoms with Crippen LogP contribution >= 0.6 is 35.3 Å². The molecule has 0 aliphatic carbocycles. The molecular formula is C18H22N2O3S3. The molecule has 140 valence electrons. The first-order valence-electron chi connectivity index (χ1n) is 8.75. The van der Waals surface area contributed by atoms with Crippen molar-refractivity contribution in [2.24, 2.45) is 0 Å². The molecular weight excluding hydrogens is 388 g/mol. The molecule has 0 radical (unpaired) electrons. The Bertz CT molecular complexity index is 715. The molecule has 3 rings (SSSR count). The fourth-order valence-electron chi connectivity index (χ4n) is 3.41. The van der Waals surface area contributed by atoms with Gasteiger partial charge in [0.25, 0.3) is 5.91 Å². The van der Waals surface area contributed by atoms with E-state index >= 15 is 0 Å². The molecule has 2 aliphatic rings. The second kappa shape index (κ2) is 8.65. The number of carbonyl (C=O) groups is 2. The van der Waals surface area contributed by atoms with E-state index in [0.29, 0.717) is 22.2 Å². The first-order chi connectivity index (χ1) is 12.5. The smallest absolute Gasteiger partial charge is 0.266 e. The van der Waals surface area contributed by atoms with E-state index in [0.717, 1.165) is 24.1 Å². The average Bonchev–Trinajstić information content (AvgIpc) is 3.23. The van der Waals surface area contributed by atoms with Gasteiger partial charge in [-0.25, -0.2) is 0 Å². The van der Waals surface area contributed by atoms with E-state index in [1.807, 2.05) is 28.5 Å². The first kappa shape index (κ1) is 19.5. The molecule has 0 spiro atoms. The zero-order chi connectivity index (χ0) is 18.7. The molecule has 2 saturated heterocycles. The Morgan fingerprint density at radius 3 is 3.00 bits per heavy atom. The van der Waals surface area contributed by atoms with Crippen LogP contribution in [0.3, 0.4) is 0 Å². The van der Waals surface area contributed by atoms with Gasteiger partial charge in [0.2, 0.25) is 5.91 Å². The number of thioether (sulfide) groups is 1. The third-order valence-corrected chi connectivity index (χ3v) is 6.91. The molecule has 26 heavy (non-hydrogen) atoms. The van der Waals surface area contributed by atoms with Crippen LogP contribution in [0, 0.1) is 0 Å². The van der Waals surface area contributed by atoms with Gasteiger partial charge < -0.3 is 10.0 Å². The number of piperidine rings is 1. The third-order valence-electron chi connectivity index (χ3n) is 4.76. The molecule has 2 aliphatic heterocycles. The van der Waals surface area contributed by atoms with Gasteiger partial charge >= 0.3 is 0 Å². The molecule has 1 N–H and O–H groups in total. The SMILES string of the molecule is C[C@@H](C(=O)N1CCCC[C@@H]1CCO)N1C(=O)/C(=C/c2cccs2)SC1=S. The maximum atomic E-state index is 13.0. The average molecular weight is 411 g/mol. The van der Waals surface area contributed by atoms with Gasteiger partial charge in [-0.15, -0.1) is 11.3 Å². The number of thiophene rings is 1. The molecule has 2 fully saturated rings. The van der Waals surface area contributed by atoms with Crippen molar-refractivity contribution in [1.29, 1.82) is 0 Å². The number of carbonyl (C=O) groups excluding carboxylic acids is 2. The quantitative estimate of drug-likeness (QED) is 0.597. The summed E-state index contributed by atoms with van der Waals surface area (Å²) in [6.45, 7) is 2.48. The Hall–Kier alpha value is -1.22. The summed E-state index contributed by atoms with van der Waals surface area (Å²) in [5, 5.41) is 11.2. The van der Waals surface area contributed by atoms with Crippen LogP contribution in [-0.4, -0.2) is 56.3 Å². The minimum absolute atomic E-state index is 0.0451. The molecule has 2 atom stereocenters. The number of likely N-dealkylation sites (tertiary alicyclic amines) is 1. The summed E-state index contributed by atoms with van der Waals surface area (Å²) in [7, 11) is 0. The Morgan fingerprint density at radius 1 is 1.50 bits per heavy atom. The summed E-state index contributed by atoms with van der Waals surface area (Å²) in [4.78, 5) is 30.7. The third kappa shape index (κ3) is 4.03. The Morgan fingerprint density at radius 2 is 2.31 bits per heavy atom. The number of rotatable bonds is 5. The van der Waals surface area contributed by atoms with Crippen molar-refractivity contribution in [2.45, 2.75) is 44.7 Å². The second-order valence-electron chi connectivity index (χ2n) is 6.44. The lowest BCUT2D eigenvalue weighted by Gasteiger charge is -2.38. The molecule has 1 aromatic rings. The molecule has 1 aromatic heterocycles. The number of nitrogens with zero attached hydrogens (tertiary/aromatic N) is 2. The van der Waals surface area contributed by atoms with Crippen LogP contribution in [0.5, 0.6) is 0 Å². The first-order valence-corrected chi connectivity index (χ1v) is 10.8. The van der Waals surface area contributed by atoms with Crippen molar-refractivity contribution in [3.63, 3.8) is 0 Å². The number of hydrogen-bond donors (Lipinski definition) is 1. The van der Waals surface area contributed by atoms with Gasteiger partial charge in [-0.1, -0.05) is 30.0 Å². The highest BCUT2D eigenvalue weighted by molar-refractivity contribution is 8.26. The van der Waals surface area contributed by atoms with E-state index < -0.39 is 6.04 Å². The predicted molar refractivity (Wildman–Crippen MR) is 110 cm³/mol. The van der Waals surface area contributed by atoms with Crippen LogP contribution in [0.4, 0.5) is 0 Å². The summed E-state index contributed by atoms with van der Waals surface area (Å²) in [6, 6.07) is 3.29. The minimum atomic E-state index is -0.629. The maximum Gasteiger partial charge on any atom is 0.266 e. The molecule has 3 heterocycles. The van der Waals surface area contributed by atoms with Crippen molar-refractivity contribution in [2.75, 3.05) is 13.2 Å². The number of amides is 2. The van der Waals surface area contributed by atoms with Crippen molar-refractivity contribution in [3.8, 4) is 0 Å². The lowest BCUT2D eigenvalue weighted by molar-refractivity contribution is -0.142. The van der Waals surface area contributed by atoms with Gasteiger partial charge in [-0.3, -0.25) is 14.5 Å². The van der Waals surface area contributed by atoms with E-state index in [1.54, 1.807) is 18.3 Å². The van der Waals surface area contributed by atoms with Crippen molar-refractivity contribution in [1.82, 2.24) is 9.80 Å². The number of aliphatic hydroxyl groups excluding tert-OH is 1. The Balaban J connectivity index is 1.76. The maximum absolute atomic E-state index is 13.0. The van der Waals surface area contributed by atoms with Gasteiger partial charge in [0.15, 0.2) is 0 Å². The van der Waals surface area contributed by atoms with Gasteiger partial charge in [-0.05, 0) is 50.1 Å². The number of thiocarbonyl (C=S) groups is 1. The van der Waals surface area contributed by atoms with Gasteiger partial charge in [0.05, 0.1) is 4.91 Å². The highest BCUT2D eigenvalue weighted by Gasteiger charge is 2.41. The Kier molecular flexibility index (Phi) is 6.50. The van der Waals surface area contributed by atoms with Crippen LogP contribution in [-0.2, 0) is 9.59 Å². The van der Waals surface area contributed by atoms with Crippen molar-refractivity contribution in [3.05, 3.63) is 27.3 Å². The molecule has 0 unspecified atom stereocenters. The summed E-state index contributed by atoms with van der Waals surface area (Å²) in [5.74, 6) is -0.290. The standard InChI is InChI=1S/C18H22N2O3S3/c1-12(16(22)19-8-3-2-5-13(19)7-9-21)20-17(23)15(26-18(20)24)11-14-6-4-10-25-14/h4,6,10-13,21H,2-3,5,7-9H2,1H3/b15-11-/t12-,13+/m0/s1. The second-order valence-corrected chi connectivity index (χ2v) is 9.09. The van der Waals surface area contributed by atoms with Gasteiger partial charge in [0, 0.05) is 24.1 Å². The number of hydrogen-bond acceptors (Lipinski definition) is 6. The van der Waals surface area contributed by atoms with E-state index in [2.05, 4.69) is 0 Å². The van der Waals surface area contributed by atoms with Crippen molar-refractivity contribution < 1.29 is 14.7 Å². The van der Waals surface area contributed by atoms with Crippen LogP contribution < -0.4 is 0 Å². The van der Waals surface area contributed by atoms with E-state index in [9.17, 15) is 14.7 Å². The summed E-state index contributed by atoms with van der Waals surface area (Å²) < 4.78 is 0.425. The highest BCUT2D eigenvalue weighted by Crippen LogP contribution is 2.35. The molecule has 8 heteroatoms. The molecule has 5 nitrogen and oxygen atoms in total. The largest absolute Gasteiger partial charge is 0.396 e. The minimum Gasteiger partial charge on any atom is -0.396 e. The lowest BCUT2D eigenvalue weighted by Crippen LogP contribution is -2.53. The van der Waals surface area contributed by atoms with Crippen LogP contribution in [0.2, 0.25) is 0 Å². The molecule has 2 amide bonds. The molecule has 0 aromatic carbocycles. The fourth-order valence-corrected chi connectivity index (χ4v) is 5.55. The highest BCUT2D eigenvalue weighted by atomic mass is 32.2. The van der Waals surface area contributed by atoms with Crippen molar-refractivity contribution >= 4 is 57.5 Å². The van der Waals surface area contributed by atoms with Gasteiger partial charge in [-0.2, -0.15) is 0 Å². The summed E-state index contributed by atoms with van der Waals surface area (Å²) in [5.41, 5.74) is 0. The van der Waals surface area contributed by atoms with Crippen LogP contribution in [0.15, 0.2) is 22.4 Å². The van der Waals surface area contributed by atoms with E-state index in [1.165, 1.54) is 16.7 Å². The monoisotopic (exact) mass is 410 g/mol. The Labute approximate surface area is 167 Å². The number of aliphatic hydroxyl groups is 1. The topological polar surface area (TPSA) is 60.9 Å². The van der Waals surface area contributed by atoms with E-state index in [4.69, 9.17) is 12.2 Å². The molecule has 0 bridgehead atoms. The lowest BCUT2D eigenvalue weighted by atomic mass is 9.98. The summed E-state index contributed by atoms with van der Waals surface area (Å²) in [6.07, 6.45) is 5.33. The summed E-state index contributed by atoms with van der Waals surface area (Å²) >= 11 is 8.19. The molecule has 0 saturated carbocycles. The van der Waals surface area contributed by atoms with Gasteiger partial charge in [0.1, 0.15) is 10.4 Å². The zero-order valence-electron chi connectivity index (χ0n) is 14.6.